The molecule has 4 nitrogen and oxygen atoms in total. The van der Waals surface area contributed by atoms with Crippen molar-refractivity contribution in [2.45, 2.75) is 13.3 Å². The van der Waals surface area contributed by atoms with E-state index in [9.17, 15) is 9.18 Å². The minimum Gasteiger partial charge on any atom is -0.382 e. The molecule has 0 aliphatic carbocycles. The Morgan fingerprint density at radius 1 is 1.40 bits per heavy atom. The number of amides is 1. The van der Waals surface area contributed by atoms with Crippen molar-refractivity contribution in [1.82, 2.24) is 9.88 Å². The Labute approximate surface area is 117 Å². The maximum atomic E-state index is 13.2. The molecule has 2 aromatic rings. The quantitative estimate of drug-likeness (QED) is 0.825. The zero-order valence-electron chi connectivity index (χ0n) is 11.8. The fourth-order valence-electron chi connectivity index (χ4n) is 2.13. The van der Waals surface area contributed by atoms with Crippen LogP contribution in [-0.2, 0) is 11.8 Å². The first-order valence-electron chi connectivity index (χ1n) is 6.74. The van der Waals surface area contributed by atoms with E-state index >= 15 is 0 Å². The Bertz CT molecular complexity index is 607. The van der Waals surface area contributed by atoms with Gasteiger partial charge in [0.1, 0.15) is 11.5 Å². The van der Waals surface area contributed by atoms with Crippen molar-refractivity contribution in [3.05, 3.63) is 35.8 Å². The average molecular weight is 278 g/mol. The van der Waals surface area contributed by atoms with Gasteiger partial charge in [0.05, 0.1) is 5.52 Å². The first-order valence-corrected chi connectivity index (χ1v) is 6.74. The van der Waals surface area contributed by atoms with Crippen LogP contribution in [-0.4, -0.2) is 30.2 Å². The number of nitrogens with one attached hydrogen (secondary N) is 1. The maximum Gasteiger partial charge on any atom is 0.267 e. The SMILES string of the molecule is CCOCCCNC(=O)c1cc2ccc(F)cc2n1C. The van der Waals surface area contributed by atoms with Crippen molar-refractivity contribution in [3.8, 4) is 0 Å². The molecule has 0 aliphatic heterocycles. The molecule has 5 heteroatoms. The lowest BCUT2D eigenvalue weighted by Crippen LogP contribution is -2.27. The summed E-state index contributed by atoms with van der Waals surface area (Å²) in [6, 6.07) is 6.27. The average Bonchev–Trinajstić information content (AvgIpc) is 2.76. The number of benzene rings is 1. The largest absolute Gasteiger partial charge is 0.382 e. The van der Waals surface area contributed by atoms with Crippen molar-refractivity contribution in [1.29, 1.82) is 0 Å². The van der Waals surface area contributed by atoms with Crippen LogP contribution in [0.2, 0.25) is 0 Å². The molecule has 0 bridgehead atoms. The highest BCUT2D eigenvalue weighted by Gasteiger charge is 2.13. The van der Waals surface area contributed by atoms with Gasteiger partial charge in [-0.15, -0.1) is 0 Å². The topological polar surface area (TPSA) is 43.3 Å². The summed E-state index contributed by atoms with van der Waals surface area (Å²) in [5, 5.41) is 3.70. The molecular weight excluding hydrogens is 259 g/mol. The van der Waals surface area contributed by atoms with E-state index in [1.165, 1.54) is 12.1 Å². The highest BCUT2D eigenvalue weighted by Crippen LogP contribution is 2.19. The molecule has 0 saturated carbocycles. The molecule has 1 heterocycles. The number of rotatable bonds is 6. The van der Waals surface area contributed by atoms with E-state index in [2.05, 4.69) is 5.32 Å². The fraction of sp³-hybridized carbons (Fsp3) is 0.400. The van der Waals surface area contributed by atoms with Gasteiger partial charge < -0.3 is 14.6 Å². The molecule has 20 heavy (non-hydrogen) atoms. The number of nitrogens with zero attached hydrogens (tertiary/aromatic N) is 1. The van der Waals surface area contributed by atoms with Crippen molar-refractivity contribution >= 4 is 16.8 Å². The second-order valence-corrected chi connectivity index (χ2v) is 4.60. The smallest absolute Gasteiger partial charge is 0.267 e. The maximum absolute atomic E-state index is 13.2. The van der Waals surface area contributed by atoms with Crippen LogP contribution in [0, 0.1) is 5.82 Å². The summed E-state index contributed by atoms with van der Waals surface area (Å²) in [6.07, 6.45) is 0.776. The normalized spacial score (nSPS) is 10.9. The number of carbonyl (C=O) groups is 1. The van der Waals surface area contributed by atoms with Crippen LogP contribution in [0.15, 0.2) is 24.3 Å². The number of halogens is 1. The molecular formula is C15H19FN2O2. The van der Waals surface area contributed by atoms with Crippen LogP contribution >= 0.6 is 0 Å². The highest BCUT2D eigenvalue weighted by atomic mass is 19.1. The predicted octanol–water partition coefficient (Wildman–Crippen LogP) is 2.47. The standard InChI is InChI=1S/C15H19FN2O2/c1-3-20-8-4-7-17-15(19)14-9-11-5-6-12(16)10-13(11)18(14)2/h5-6,9-10H,3-4,7-8H2,1-2H3,(H,17,19). The number of aromatic nitrogens is 1. The van der Waals surface area contributed by atoms with Gasteiger partial charge in [-0.25, -0.2) is 4.39 Å². The van der Waals surface area contributed by atoms with Crippen molar-refractivity contribution in [2.75, 3.05) is 19.8 Å². The summed E-state index contributed by atoms with van der Waals surface area (Å²) in [6.45, 7) is 3.82. The molecule has 1 amide bonds. The number of aryl methyl sites for hydroxylation is 1. The van der Waals surface area contributed by atoms with Crippen LogP contribution < -0.4 is 5.32 Å². The van der Waals surface area contributed by atoms with Gasteiger partial charge in [0.25, 0.3) is 5.91 Å². The molecule has 108 valence electrons. The van der Waals surface area contributed by atoms with Gasteiger partial charge in [-0.1, -0.05) is 0 Å². The molecule has 2 rings (SSSR count). The second-order valence-electron chi connectivity index (χ2n) is 4.60. The first-order chi connectivity index (χ1) is 9.63. The molecule has 0 aliphatic rings. The molecule has 0 radical (unpaired) electrons. The Morgan fingerprint density at radius 3 is 2.95 bits per heavy atom. The van der Waals surface area contributed by atoms with Gasteiger partial charge in [0, 0.05) is 32.2 Å². The summed E-state index contributed by atoms with van der Waals surface area (Å²) in [5.41, 5.74) is 1.24. The van der Waals surface area contributed by atoms with Gasteiger partial charge in [-0.3, -0.25) is 4.79 Å². The minimum atomic E-state index is -0.303. The molecule has 1 N–H and O–H groups in total. The van der Waals surface area contributed by atoms with Gasteiger partial charge in [0.15, 0.2) is 0 Å². The lowest BCUT2D eigenvalue weighted by Gasteiger charge is -2.06. The molecule has 0 spiro atoms. The van der Waals surface area contributed by atoms with Gasteiger partial charge >= 0.3 is 0 Å². The van der Waals surface area contributed by atoms with E-state index in [-0.39, 0.29) is 11.7 Å². The molecule has 0 atom stereocenters. The van der Waals surface area contributed by atoms with Gasteiger partial charge in [-0.05, 0) is 37.6 Å². The van der Waals surface area contributed by atoms with E-state index in [1.807, 2.05) is 6.92 Å². The lowest BCUT2D eigenvalue weighted by atomic mass is 10.2. The van der Waals surface area contributed by atoms with Crippen LogP contribution in [0.4, 0.5) is 4.39 Å². The van der Waals surface area contributed by atoms with E-state index < -0.39 is 0 Å². The lowest BCUT2D eigenvalue weighted by molar-refractivity contribution is 0.0936. The van der Waals surface area contributed by atoms with Crippen LogP contribution in [0.1, 0.15) is 23.8 Å². The summed E-state index contributed by atoms with van der Waals surface area (Å²) in [7, 11) is 1.76. The van der Waals surface area contributed by atoms with Gasteiger partial charge in [-0.2, -0.15) is 0 Å². The Kier molecular flexibility index (Phi) is 4.74. The number of hydrogen-bond acceptors (Lipinski definition) is 2. The number of fused-ring (bicyclic) bond motifs is 1. The second kappa shape index (κ2) is 6.52. The molecule has 1 aromatic heterocycles. The third-order valence-corrected chi connectivity index (χ3v) is 3.20. The Morgan fingerprint density at radius 2 is 2.20 bits per heavy atom. The van der Waals surface area contributed by atoms with E-state index in [0.717, 1.165) is 11.8 Å². The molecule has 0 fully saturated rings. The molecule has 0 unspecified atom stereocenters. The third-order valence-electron chi connectivity index (χ3n) is 3.20. The number of ether oxygens (including phenoxy) is 1. The summed E-state index contributed by atoms with van der Waals surface area (Å²) >= 11 is 0. The van der Waals surface area contributed by atoms with Crippen LogP contribution in [0.5, 0.6) is 0 Å². The van der Waals surface area contributed by atoms with E-state index in [1.54, 1.807) is 23.7 Å². The van der Waals surface area contributed by atoms with Crippen LogP contribution in [0.25, 0.3) is 10.9 Å². The zero-order valence-corrected chi connectivity index (χ0v) is 11.8. The van der Waals surface area contributed by atoms with Crippen molar-refractivity contribution in [2.24, 2.45) is 7.05 Å². The van der Waals surface area contributed by atoms with Gasteiger partial charge in [0.2, 0.25) is 0 Å². The van der Waals surface area contributed by atoms with Crippen molar-refractivity contribution < 1.29 is 13.9 Å². The summed E-state index contributed by atoms with van der Waals surface area (Å²) in [4.78, 5) is 12.1. The highest BCUT2D eigenvalue weighted by molar-refractivity contribution is 5.98. The minimum absolute atomic E-state index is 0.152. The fourth-order valence-corrected chi connectivity index (χ4v) is 2.13. The van der Waals surface area contributed by atoms with Crippen molar-refractivity contribution in [3.63, 3.8) is 0 Å². The third kappa shape index (κ3) is 3.17. The Hall–Kier alpha value is -1.88. The molecule has 0 saturated heterocycles. The first kappa shape index (κ1) is 14.5. The van der Waals surface area contributed by atoms with E-state index in [4.69, 9.17) is 4.74 Å². The zero-order chi connectivity index (χ0) is 14.5. The Balaban J connectivity index is 2.05. The summed E-state index contributed by atoms with van der Waals surface area (Å²) in [5.74, 6) is -0.456. The van der Waals surface area contributed by atoms with E-state index in [0.29, 0.717) is 31.0 Å². The number of carbonyl (C=O) groups excluding carboxylic acids is 1. The molecule has 1 aromatic carbocycles. The monoisotopic (exact) mass is 278 g/mol. The number of hydrogen-bond donors (Lipinski definition) is 1. The predicted molar refractivity (Wildman–Crippen MR) is 76.3 cm³/mol. The van der Waals surface area contributed by atoms with Crippen LogP contribution in [0.3, 0.4) is 0 Å². The summed E-state index contributed by atoms with van der Waals surface area (Å²) < 4.78 is 20.1.